The Labute approximate surface area is 203 Å². The van der Waals surface area contributed by atoms with Gasteiger partial charge in [0.2, 0.25) is 5.91 Å². The zero-order valence-corrected chi connectivity index (χ0v) is 20.7. The molecule has 1 atom stereocenters. The minimum atomic E-state index is -0.417. The van der Waals surface area contributed by atoms with Crippen LogP contribution in [0.2, 0.25) is 0 Å². The molecule has 3 aromatic rings. The van der Waals surface area contributed by atoms with E-state index in [0.717, 1.165) is 12.0 Å². The van der Waals surface area contributed by atoms with E-state index in [9.17, 15) is 9.59 Å². The van der Waals surface area contributed by atoms with E-state index >= 15 is 0 Å². The summed E-state index contributed by atoms with van der Waals surface area (Å²) < 4.78 is 13.1. The second-order valence-corrected chi connectivity index (χ2v) is 9.24. The van der Waals surface area contributed by atoms with Crippen LogP contribution in [0.3, 0.4) is 0 Å². The summed E-state index contributed by atoms with van der Waals surface area (Å²) in [5.74, 6) is 1.84. The second-order valence-electron chi connectivity index (χ2n) is 8.30. The van der Waals surface area contributed by atoms with Gasteiger partial charge in [-0.2, -0.15) is 4.98 Å². The van der Waals surface area contributed by atoms with E-state index in [1.54, 1.807) is 11.7 Å². The third kappa shape index (κ3) is 4.82. The number of anilines is 1. The Morgan fingerprint density at radius 1 is 1.18 bits per heavy atom. The Hall–Kier alpha value is -3.26. The highest BCUT2D eigenvalue weighted by molar-refractivity contribution is 7.98. The van der Waals surface area contributed by atoms with Crippen LogP contribution in [0.15, 0.2) is 52.4 Å². The van der Waals surface area contributed by atoms with Crippen LogP contribution in [-0.4, -0.2) is 29.2 Å². The molecule has 0 spiro atoms. The molecule has 34 heavy (non-hydrogen) atoms. The second kappa shape index (κ2) is 10.3. The number of methoxy groups -OCH3 is 1. The molecular formula is C26H29N3O4S. The lowest BCUT2D eigenvalue weighted by molar-refractivity contribution is -0.116. The van der Waals surface area contributed by atoms with E-state index in [-0.39, 0.29) is 17.9 Å². The van der Waals surface area contributed by atoms with Crippen LogP contribution in [0.1, 0.15) is 47.9 Å². The monoisotopic (exact) mass is 479 g/mol. The third-order valence-electron chi connectivity index (χ3n) is 5.97. The van der Waals surface area contributed by atoms with Gasteiger partial charge in [0.1, 0.15) is 5.82 Å². The SMILES string of the molecule is CCCOc1ccc([C@@H]2CC(=O)Nc3c2c(=O)nc(SCc2ccccc2C)n3C)cc1OC. The Morgan fingerprint density at radius 3 is 2.71 bits per heavy atom. The molecular weight excluding hydrogens is 450 g/mol. The number of nitrogens with zero attached hydrogens (tertiary/aromatic N) is 2. The lowest BCUT2D eigenvalue weighted by Crippen LogP contribution is -2.33. The number of nitrogens with one attached hydrogen (secondary N) is 1. The molecule has 1 aromatic heterocycles. The Balaban J connectivity index is 1.70. The van der Waals surface area contributed by atoms with Crippen molar-refractivity contribution in [2.75, 3.05) is 19.0 Å². The maximum absolute atomic E-state index is 13.2. The lowest BCUT2D eigenvalue weighted by atomic mass is 9.86. The fourth-order valence-electron chi connectivity index (χ4n) is 4.10. The quantitative estimate of drug-likeness (QED) is 0.374. The number of fused-ring (bicyclic) bond motifs is 1. The summed E-state index contributed by atoms with van der Waals surface area (Å²) in [6.07, 6.45) is 1.05. The number of ether oxygens (including phenoxy) is 2. The standard InChI is InChI=1S/C26H29N3O4S/c1-5-12-33-20-11-10-17(13-21(20)32-4)19-14-22(30)27-24-23(19)25(31)28-26(29(24)3)34-15-18-9-7-6-8-16(18)2/h6-11,13,19H,5,12,14-15H2,1-4H3,(H,27,30)/t19-/m0/s1. The molecule has 0 radical (unpaired) electrons. The minimum absolute atomic E-state index is 0.140. The van der Waals surface area contributed by atoms with Crippen LogP contribution in [0.4, 0.5) is 5.82 Å². The summed E-state index contributed by atoms with van der Waals surface area (Å²) in [5.41, 5.74) is 3.35. The van der Waals surface area contributed by atoms with Crippen molar-refractivity contribution in [2.45, 2.75) is 43.5 Å². The van der Waals surface area contributed by atoms with Gasteiger partial charge in [0, 0.05) is 25.1 Å². The number of aromatic nitrogens is 2. The van der Waals surface area contributed by atoms with E-state index in [2.05, 4.69) is 29.4 Å². The zero-order valence-electron chi connectivity index (χ0n) is 19.9. The van der Waals surface area contributed by atoms with Crippen molar-refractivity contribution in [1.29, 1.82) is 0 Å². The van der Waals surface area contributed by atoms with Gasteiger partial charge >= 0.3 is 0 Å². The van der Waals surface area contributed by atoms with Crippen molar-refractivity contribution < 1.29 is 14.3 Å². The number of carbonyl (C=O) groups excluding carboxylic acids is 1. The first-order valence-corrected chi connectivity index (χ1v) is 12.3. The van der Waals surface area contributed by atoms with E-state index in [1.807, 2.05) is 44.3 Å². The van der Waals surface area contributed by atoms with Crippen molar-refractivity contribution in [2.24, 2.45) is 7.05 Å². The molecule has 1 aliphatic rings. The summed E-state index contributed by atoms with van der Waals surface area (Å²) in [6, 6.07) is 13.7. The number of hydrogen-bond donors (Lipinski definition) is 1. The average molecular weight is 480 g/mol. The molecule has 1 aliphatic heterocycles. The normalized spacial score (nSPS) is 14.9. The number of hydrogen-bond acceptors (Lipinski definition) is 6. The van der Waals surface area contributed by atoms with E-state index in [1.165, 1.54) is 22.9 Å². The Bertz CT molecular complexity index is 1270. The van der Waals surface area contributed by atoms with Gasteiger partial charge in [-0.15, -0.1) is 0 Å². The lowest BCUT2D eigenvalue weighted by Gasteiger charge is -2.28. The first-order chi connectivity index (χ1) is 16.4. The van der Waals surface area contributed by atoms with Gasteiger partial charge in [-0.25, -0.2) is 0 Å². The highest BCUT2D eigenvalue weighted by Gasteiger charge is 2.32. The maximum atomic E-state index is 13.2. The maximum Gasteiger partial charge on any atom is 0.279 e. The first-order valence-electron chi connectivity index (χ1n) is 11.3. The molecule has 2 aromatic carbocycles. The first kappa shape index (κ1) is 23.9. The molecule has 0 aliphatic carbocycles. The van der Waals surface area contributed by atoms with Gasteiger partial charge in [0.25, 0.3) is 5.56 Å². The molecule has 7 nitrogen and oxygen atoms in total. The molecule has 1 amide bonds. The van der Waals surface area contributed by atoms with Gasteiger partial charge < -0.3 is 19.4 Å². The summed E-state index contributed by atoms with van der Waals surface area (Å²) >= 11 is 1.48. The number of aryl methyl sites for hydroxylation is 1. The van der Waals surface area contributed by atoms with Crippen LogP contribution in [0.5, 0.6) is 11.5 Å². The van der Waals surface area contributed by atoms with Crippen molar-refractivity contribution in [1.82, 2.24) is 9.55 Å². The predicted molar refractivity (Wildman–Crippen MR) is 134 cm³/mol. The van der Waals surface area contributed by atoms with Crippen LogP contribution in [-0.2, 0) is 17.6 Å². The fourth-order valence-corrected chi connectivity index (χ4v) is 5.14. The molecule has 0 saturated carbocycles. The predicted octanol–water partition coefficient (Wildman–Crippen LogP) is 4.65. The Kier molecular flexibility index (Phi) is 7.26. The molecule has 178 valence electrons. The van der Waals surface area contributed by atoms with Crippen LogP contribution >= 0.6 is 11.8 Å². The molecule has 0 unspecified atom stereocenters. The van der Waals surface area contributed by atoms with Crippen molar-refractivity contribution in [3.8, 4) is 11.5 Å². The van der Waals surface area contributed by atoms with E-state index in [4.69, 9.17) is 9.47 Å². The molecule has 1 N–H and O–H groups in total. The number of benzene rings is 2. The smallest absolute Gasteiger partial charge is 0.279 e. The van der Waals surface area contributed by atoms with Crippen molar-refractivity contribution in [3.63, 3.8) is 0 Å². The Morgan fingerprint density at radius 2 is 1.97 bits per heavy atom. The topological polar surface area (TPSA) is 82.5 Å². The highest BCUT2D eigenvalue weighted by atomic mass is 32.2. The number of amides is 1. The molecule has 0 saturated heterocycles. The van der Waals surface area contributed by atoms with Crippen molar-refractivity contribution in [3.05, 3.63) is 75.1 Å². The average Bonchev–Trinajstić information content (AvgIpc) is 2.84. The van der Waals surface area contributed by atoms with Crippen LogP contribution < -0.4 is 20.3 Å². The molecule has 2 heterocycles. The highest BCUT2D eigenvalue weighted by Crippen LogP contribution is 2.39. The summed E-state index contributed by atoms with van der Waals surface area (Å²) in [6.45, 7) is 4.68. The summed E-state index contributed by atoms with van der Waals surface area (Å²) in [7, 11) is 3.41. The van der Waals surface area contributed by atoms with E-state index in [0.29, 0.717) is 40.4 Å². The van der Waals surface area contributed by atoms with Gasteiger partial charge in [-0.05, 0) is 42.2 Å². The van der Waals surface area contributed by atoms with Gasteiger partial charge in [-0.1, -0.05) is 49.0 Å². The van der Waals surface area contributed by atoms with Crippen molar-refractivity contribution >= 4 is 23.5 Å². The van der Waals surface area contributed by atoms with Crippen LogP contribution in [0, 0.1) is 6.92 Å². The third-order valence-corrected chi connectivity index (χ3v) is 7.05. The number of rotatable bonds is 8. The molecule has 0 bridgehead atoms. The number of thioether (sulfide) groups is 1. The van der Waals surface area contributed by atoms with Gasteiger partial charge in [-0.3, -0.25) is 9.59 Å². The molecule has 8 heteroatoms. The van der Waals surface area contributed by atoms with Gasteiger partial charge in [0.15, 0.2) is 16.7 Å². The fraction of sp³-hybridized carbons (Fsp3) is 0.346. The molecule has 4 rings (SSSR count). The minimum Gasteiger partial charge on any atom is -0.493 e. The summed E-state index contributed by atoms with van der Waals surface area (Å²) in [4.78, 5) is 30.3. The summed E-state index contributed by atoms with van der Waals surface area (Å²) in [5, 5.41) is 3.47. The molecule has 0 fully saturated rings. The van der Waals surface area contributed by atoms with Gasteiger partial charge in [0.05, 0.1) is 19.3 Å². The zero-order chi connectivity index (χ0) is 24.2. The van der Waals surface area contributed by atoms with E-state index < -0.39 is 5.92 Å². The largest absolute Gasteiger partial charge is 0.493 e. The number of carbonyl (C=O) groups is 1. The van der Waals surface area contributed by atoms with Crippen LogP contribution in [0.25, 0.3) is 0 Å².